The van der Waals surface area contributed by atoms with Gasteiger partial charge in [0.15, 0.2) is 0 Å². The Labute approximate surface area is 555 Å². The number of aromatic hydroxyl groups is 4. The van der Waals surface area contributed by atoms with Gasteiger partial charge in [0.05, 0.1) is 81.1 Å². The normalized spacial score (nSPS) is 22.6. The minimum Gasteiger partial charge on any atom is -0.508 e. The number of fused-ring (bicyclic) bond motifs is 6. The van der Waals surface area contributed by atoms with Gasteiger partial charge in [-0.1, -0.05) is 159 Å². The Kier molecular flexibility index (Phi) is 18.5. The number of para-hydroxylation sites is 2. The van der Waals surface area contributed by atoms with E-state index in [1.165, 1.54) is 0 Å². The second kappa shape index (κ2) is 25.7. The molecule has 0 spiro atoms. The lowest BCUT2D eigenvalue weighted by Gasteiger charge is -2.36. The molecule has 5 N–H and O–H groups in total. The molecule has 0 saturated carbocycles. The second-order valence-electron chi connectivity index (χ2n) is 28.5. The first-order valence-electron chi connectivity index (χ1n) is 31.7. The fourth-order valence-corrected chi connectivity index (χ4v) is 23.9. The first-order chi connectivity index (χ1) is 44.8. The number of aliphatic hydroxyl groups excluding tert-OH is 1. The lowest BCUT2D eigenvalue weighted by molar-refractivity contribution is 0.0408. The number of hydrogen-bond acceptors (Lipinski definition) is 17. The predicted molar refractivity (Wildman–Crippen MR) is 371 cm³/mol. The van der Waals surface area contributed by atoms with Gasteiger partial charge in [-0.2, -0.15) is 0 Å². The number of benzene rings is 8. The summed E-state index contributed by atoms with van der Waals surface area (Å²) in [5, 5.41) is 56.0. The van der Waals surface area contributed by atoms with E-state index in [9.17, 15) is 48.4 Å². The number of rotatable bonds is 14. The molecule has 95 heavy (non-hydrogen) atoms. The van der Waals surface area contributed by atoms with Crippen molar-refractivity contribution in [3.8, 4) is 67.9 Å². The highest BCUT2D eigenvalue weighted by molar-refractivity contribution is 7.67. The van der Waals surface area contributed by atoms with Crippen molar-refractivity contribution in [1.29, 1.82) is 0 Å². The molecule has 3 fully saturated rings. The Morgan fingerprint density at radius 1 is 0.411 bits per heavy atom. The van der Waals surface area contributed by atoms with Gasteiger partial charge in [0.1, 0.15) is 34.5 Å². The average molecular weight is 1390 g/mol. The fourth-order valence-electron chi connectivity index (χ4n) is 12.5. The summed E-state index contributed by atoms with van der Waals surface area (Å²) in [6, 6.07) is 47.2. The molecule has 17 nitrogen and oxygen atoms in total. The molecule has 8 aromatic rings. The van der Waals surface area contributed by atoms with Gasteiger partial charge in [-0.15, -0.1) is 0 Å². The van der Waals surface area contributed by atoms with Crippen molar-refractivity contribution in [2.24, 2.45) is 16.2 Å². The van der Waals surface area contributed by atoms with Gasteiger partial charge in [-0.3, -0.25) is 22.8 Å². The molecule has 5 aliphatic heterocycles. The van der Waals surface area contributed by atoms with Crippen LogP contribution in [0.2, 0.25) is 0 Å². The third kappa shape index (κ3) is 14.4. The molecular formula is C73H81O17P5. The minimum atomic E-state index is -3.65. The lowest BCUT2D eigenvalue weighted by atomic mass is 9.76. The monoisotopic (exact) mass is 1380 g/mol. The van der Waals surface area contributed by atoms with Crippen molar-refractivity contribution < 1.29 is 80.0 Å². The maximum absolute atomic E-state index is 14.9. The van der Waals surface area contributed by atoms with Gasteiger partial charge < -0.3 is 57.2 Å². The molecule has 5 heterocycles. The standard InChI is InChI=1S/C38H28O6P2.C35H53O11P3/c39-29-19-17-25(18-20-29)26-21-27(23-45(41)36-15-7-3-11-32(36)30-9-1-5-13-34(30)43-45)38(40)28(22-26)24-46(42)37-16-8-4-12-33(37)31-10-2-6-14-35(31)44-46;1-32(2)9-10-47(39,42-19-32)16-25-12-28(11-24(15-36)30(25)37)35(7,8)29-13-26(17-48(40)43-20-33(3,4)21-44-48)31(38)27(14-29)18-49(41)45-22-34(5,6)23-46-49/h1-22,39-40H,23-24H2;11-14,36-38H,9-10,15-23H2,1-8H3. The number of phenolic OH excluding ortho intramolecular Hbond substituents is 3. The molecule has 0 aliphatic carbocycles. The van der Waals surface area contributed by atoms with Gasteiger partial charge in [-0.25, -0.2) is 0 Å². The Balaban J connectivity index is 0.000000182. The summed E-state index contributed by atoms with van der Waals surface area (Å²) in [6.45, 7) is 16.6. The lowest BCUT2D eigenvalue weighted by Crippen LogP contribution is -2.30. The third-order valence-corrected chi connectivity index (χ3v) is 28.9. The molecule has 13 rings (SSSR count). The largest absolute Gasteiger partial charge is 0.508 e. The second-order valence-corrected chi connectivity index (χ2v) is 39.9. The summed E-state index contributed by atoms with van der Waals surface area (Å²) < 4.78 is 113. The molecule has 0 aromatic heterocycles. The maximum Gasteiger partial charge on any atom is 0.335 e. The summed E-state index contributed by atoms with van der Waals surface area (Å²) in [5.74, 6) is 0.736. The molecule has 8 aromatic carbocycles. The molecule has 3 atom stereocenters. The number of phenols is 4. The van der Waals surface area contributed by atoms with Crippen LogP contribution in [0.4, 0.5) is 0 Å². The van der Waals surface area contributed by atoms with Crippen molar-refractivity contribution in [2.75, 3.05) is 39.2 Å². The third-order valence-electron chi connectivity index (χ3n) is 18.3. The van der Waals surface area contributed by atoms with Gasteiger partial charge in [0.2, 0.25) is 7.37 Å². The van der Waals surface area contributed by atoms with Crippen molar-refractivity contribution in [2.45, 2.75) is 105 Å². The van der Waals surface area contributed by atoms with E-state index < -0.39 is 49.3 Å². The topological polar surface area (TPSA) is 251 Å². The van der Waals surface area contributed by atoms with Crippen LogP contribution < -0.4 is 19.7 Å². The predicted octanol–water partition coefficient (Wildman–Crippen LogP) is 17.8. The van der Waals surface area contributed by atoms with E-state index in [-0.39, 0.29) is 113 Å². The summed E-state index contributed by atoms with van der Waals surface area (Å²) in [7, 11) is -17.6. The molecule has 500 valence electrons. The molecular weight excluding hydrogens is 1300 g/mol. The number of hydrogen-bond donors (Lipinski definition) is 5. The zero-order valence-electron chi connectivity index (χ0n) is 54.6. The van der Waals surface area contributed by atoms with E-state index >= 15 is 0 Å². The highest BCUT2D eigenvalue weighted by Crippen LogP contribution is 2.64. The first kappa shape index (κ1) is 68.4. The summed E-state index contributed by atoms with van der Waals surface area (Å²) in [4.78, 5) is 0. The fraction of sp³-hybridized carbons (Fsp3) is 0.342. The zero-order valence-corrected chi connectivity index (χ0v) is 59.0. The van der Waals surface area contributed by atoms with Crippen molar-refractivity contribution in [3.63, 3.8) is 0 Å². The van der Waals surface area contributed by atoms with Crippen molar-refractivity contribution >= 4 is 47.9 Å². The Hall–Kier alpha value is -6.53. The molecule has 3 unspecified atom stereocenters. The quantitative estimate of drug-likeness (QED) is 0.0635. The summed E-state index contributed by atoms with van der Waals surface area (Å²) >= 11 is 0. The molecule has 5 aliphatic rings. The van der Waals surface area contributed by atoms with E-state index in [1.807, 2.05) is 126 Å². The van der Waals surface area contributed by atoms with Crippen LogP contribution in [0.25, 0.3) is 33.4 Å². The Morgan fingerprint density at radius 3 is 1.20 bits per heavy atom. The van der Waals surface area contributed by atoms with Crippen LogP contribution in [0.3, 0.4) is 0 Å². The highest BCUT2D eigenvalue weighted by atomic mass is 31.2. The zero-order chi connectivity index (χ0) is 67.7. The summed E-state index contributed by atoms with van der Waals surface area (Å²) in [5.41, 5.74) is 6.67. The van der Waals surface area contributed by atoms with Crippen molar-refractivity contribution in [1.82, 2.24) is 0 Å². The first-order valence-corrected chi connectivity index (χ1v) is 40.8. The van der Waals surface area contributed by atoms with Gasteiger partial charge in [0, 0.05) is 66.9 Å². The van der Waals surface area contributed by atoms with Gasteiger partial charge >= 0.3 is 15.2 Å². The SMILES string of the molecule is CC1(C)CCP(=O)(Cc2cc(C(C)(C)c3cc(CP4(=O)OCC(C)(C)CO4)c(O)c(CP4(=O)OCC(C)(C)CO4)c3)cc(CO)c2O)OC1.O=P1(Cc2cc(-c3ccc(O)cc3)cc(CP3(=O)Oc4ccccc4-c4ccccc43)c2O)Oc2ccccc2-c2ccccc21. The Bertz CT molecular complexity index is 4310. The van der Waals surface area contributed by atoms with Crippen LogP contribution >= 0.6 is 37.3 Å². The van der Waals surface area contributed by atoms with Crippen LogP contribution in [-0.2, 0) is 88.3 Å². The van der Waals surface area contributed by atoms with Crippen LogP contribution in [0, 0.1) is 16.2 Å². The van der Waals surface area contributed by atoms with Gasteiger partial charge in [-0.05, 0) is 99.8 Å². The van der Waals surface area contributed by atoms with Crippen molar-refractivity contribution in [3.05, 3.63) is 202 Å². The van der Waals surface area contributed by atoms with Crippen LogP contribution in [0.1, 0.15) is 106 Å². The van der Waals surface area contributed by atoms with E-state index in [0.717, 1.165) is 34.2 Å². The van der Waals surface area contributed by atoms with Gasteiger partial charge in [0.25, 0.3) is 14.7 Å². The highest BCUT2D eigenvalue weighted by Gasteiger charge is 2.44. The molecule has 0 amide bonds. The smallest absolute Gasteiger partial charge is 0.335 e. The van der Waals surface area contributed by atoms with E-state index in [2.05, 4.69) is 13.8 Å². The molecule has 0 bridgehead atoms. The molecule has 22 heteroatoms. The van der Waals surface area contributed by atoms with Crippen LogP contribution in [0.5, 0.6) is 34.5 Å². The summed E-state index contributed by atoms with van der Waals surface area (Å²) in [6.07, 6.45) is 0.511. The maximum atomic E-state index is 14.9. The van der Waals surface area contributed by atoms with E-state index in [4.69, 9.17) is 31.7 Å². The molecule has 0 radical (unpaired) electrons. The molecule has 3 saturated heterocycles. The van der Waals surface area contributed by atoms with E-state index in [0.29, 0.717) is 68.3 Å². The minimum absolute atomic E-state index is 0.0142. The van der Waals surface area contributed by atoms with Crippen LogP contribution in [0.15, 0.2) is 158 Å². The Morgan fingerprint density at radius 2 is 0.779 bits per heavy atom. The van der Waals surface area contributed by atoms with Crippen LogP contribution in [-0.4, -0.2) is 64.7 Å². The number of aliphatic hydroxyl groups is 1. The average Bonchev–Trinajstić information content (AvgIpc) is 0.753. The van der Waals surface area contributed by atoms with E-state index in [1.54, 1.807) is 72.8 Å².